The SMILES string of the molecule is Cc1nc(-c2ncccn2)sc1C(=O)NC1COc2ccccc21. The van der Waals surface area contributed by atoms with Crippen LogP contribution in [0, 0.1) is 6.92 Å². The lowest BCUT2D eigenvalue weighted by molar-refractivity contribution is 0.0933. The van der Waals surface area contributed by atoms with Crippen LogP contribution in [0.5, 0.6) is 5.75 Å². The molecular weight excluding hydrogens is 324 g/mol. The quantitative estimate of drug-likeness (QED) is 0.794. The van der Waals surface area contributed by atoms with Gasteiger partial charge in [-0.3, -0.25) is 4.79 Å². The number of carbonyl (C=O) groups is 1. The summed E-state index contributed by atoms with van der Waals surface area (Å²) in [4.78, 5) is 26.0. The Kier molecular flexibility index (Phi) is 3.70. The molecule has 0 fully saturated rings. The maximum Gasteiger partial charge on any atom is 0.263 e. The minimum atomic E-state index is -0.155. The van der Waals surface area contributed by atoms with Gasteiger partial charge in [0, 0.05) is 18.0 Å². The molecule has 0 aliphatic carbocycles. The van der Waals surface area contributed by atoms with Gasteiger partial charge in [0.2, 0.25) is 0 Å². The van der Waals surface area contributed by atoms with E-state index in [1.807, 2.05) is 31.2 Å². The van der Waals surface area contributed by atoms with E-state index in [0.717, 1.165) is 11.3 Å². The van der Waals surface area contributed by atoms with Gasteiger partial charge in [0.05, 0.1) is 11.7 Å². The molecule has 3 aromatic rings. The van der Waals surface area contributed by atoms with Crippen molar-refractivity contribution in [2.45, 2.75) is 13.0 Å². The van der Waals surface area contributed by atoms with Crippen LogP contribution in [-0.2, 0) is 0 Å². The van der Waals surface area contributed by atoms with E-state index < -0.39 is 0 Å². The molecule has 4 rings (SSSR count). The van der Waals surface area contributed by atoms with Crippen LogP contribution in [0.15, 0.2) is 42.7 Å². The summed E-state index contributed by atoms with van der Waals surface area (Å²) in [5.74, 6) is 1.19. The molecule has 0 saturated carbocycles. The second-order valence-electron chi connectivity index (χ2n) is 5.38. The Morgan fingerprint density at radius 1 is 1.25 bits per heavy atom. The maximum absolute atomic E-state index is 12.6. The van der Waals surface area contributed by atoms with E-state index >= 15 is 0 Å². The fraction of sp³-hybridized carbons (Fsp3) is 0.176. The Morgan fingerprint density at radius 2 is 2.04 bits per heavy atom. The number of nitrogens with zero attached hydrogens (tertiary/aromatic N) is 3. The average molecular weight is 338 g/mol. The number of amides is 1. The zero-order valence-corrected chi connectivity index (χ0v) is 13.7. The van der Waals surface area contributed by atoms with Crippen molar-refractivity contribution in [1.82, 2.24) is 20.3 Å². The predicted octanol–water partition coefficient (Wildman–Crippen LogP) is 2.77. The fourth-order valence-electron chi connectivity index (χ4n) is 2.62. The lowest BCUT2D eigenvalue weighted by atomic mass is 10.1. The van der Waals surface area contributed by atoms with Gasteiger partial charge < -0.3 is 10.1 Å². The number of aromatic nitrogens is 3. The molecule has 1 N–H and O–H groups in total. The first-order valence-electron chi connectivity index (χ1n) is 7.50. The monoisotopic (exact) mass is 338 g/mol. The van der Waals surface area contributed by atoms with Crippen LogP contribution in [0.4, 0.5) is 0 Å². The Bertz CT molecular complexity index is 895. The summed E-state index contributed by atoms with van der Waals surface area (Å²) in [7, 11) is 0. The first kappa shape index (κ1) is 14.8. The number of para-hydroxylation sites is 1. The van der Waals surface area contributed by atoms with Crippen LogP contribution in [0.25, 0.3) is 10.8 Å². The molecule has 3 heterocycles. The van der Waals surface area contributed by atoms with Crippen molar-refractivity contribution in [2.75, 3.05) is 6.61 Å². The Balaban J connectivity index is 1.57. The van der Waals surface area contributed by atoms with Crippen molar-refractivity contribution < 1.29 is 9.53 Å². The zero-order chi connectivity index (χ0) is 16.5. The van der Waals surface area contributed by atoms with Crippen molar-refractivity contribution in [2.24, 2.45) is 0 Å². The lowest BCUT2D eigenvalue weighted by Crippen LogP contribution is -2.29. The van der Waals surface area contributed by atoms with Crippen LogP contribution >= 0.6 is 11.3 Å². The van der Waals surface area contributed by atoms with Gasteiger partial charge in [0.15, 0.2) is 10.8 Å². The van der Waals surface area contributed by atoms with Gasteiger partial charge in [-0.1, -0.05) is 18.2 Å². The largest absolute Gasteiger partial charge is 0.491 e. The highest BCUT2D eigenvalue weighted by molar-refractivity contribution is 7.17. The van der Waals surface area contributed by atoms with Crippen molar-refractivity contribution in [3.8, 4) is 16.6 Å². The van der Waals surface area contributed by atoms with E-state index in [4.69, 9.17) is 4.74 Å². The number of hydrogen-bond donors (Lipinski definition) is 1. The van der Waals surface area contributed by atoms with Gasteiger partial charge >= 0.3 is 0 Å². The molecule has 120 valence electrons. The number of hydrogen-bond acceptors (Lipinski definition) is 6. The van der Waals surface area contributed by atoms with Crippen LogP contribution in [0.1, 0.15) is 27.0 Å². The van der Waals surface area contributed by atoms with Gasteiger partial charge in [0.1, 0.15) is 17.2 Å². The number of benzene rings is 1. The van der Waals surface area contributed by atoms with Crippen molar-refractivity contribution in [3.05, 3.63) is 58.9 Å². The molecule has 0 spiro atoms. The number of fused-ring (bicyclic) bond motifs is 1. The van der Waals surface area contributed by atoms with Crippen molar-refractivity contribution >= 4 is 17.2 Å². The molecule has 0 radical (unpaired) electrons. The second kappa shape index (κ2) is 6.01. The lowest BCUT2D eigenvalue weighted by Gasteiger charge is -2.10. The first-order valence-corrected chi connectivity index (χ1v) is 8.31. The summed E-state index contributed by atoms with van der Waals surface area (Å²) < 4.78 is 5.61. The molecule has 2 aromatic heterocycles. The molecule has 1 amide bonds. The number of thiazole rings is 1. The number of ether oxygens (including phenoxy) is 1. The molecular formula is C17H14N4O2S. The van der Waals surface area contributed by atoms with Gasteiger partial charge in [-0.2, -0.15) is 0 Å². The Hall–Kier alpha value is -2.80. The van der Waals surface area contributed by atoms with Crippen molar-refractivity contribution in [3.63, 3.8) is 0 Å². The molecule has 0 bridgehead atoms. The Labute approximate surface area is 142 Å². The van der Waals surface area contributed by atoms with E-state index in [1.54, 1.807) is 18.5 Å². The average Bonchev–Trinajstić information content (AvgIpc) is 3.20. The van der Waals surface area contributed by atoms with Gasteiger partial charge in [0.25, 0.3) is 5.91 Å². The summed E-state index contributed by atoms with van der Waals surface area (Å²) in [6.45, 7) is 2.26. The summed E-state index contributed by atoms with van der Waals surface area (Å²) in [6.07, 6.45) is 3.32. The molecule has 1 atom stereocenters. The van der Waals surface area contributed by atoms with Crippen molar-refractivity contribution in [1.29, 1.82) is 0 Å². The molecule has 1 aliphatic rings. The molecule has 1 aliphatic heterocycles. The highest BCUT2D eigenvalue weighted by atomic mass is 32.1. The van der Waals surface area contributed by atoms with E-state index in [-0.39, 0.29) is 11.9 Å². The minimum absolute atomic E-state index is 0.147. The van der Waals surface area contributed by atoms with E-state index in [1.165, 1.54) is 11.3 Å². The second-order valence-corrected chi connectivity index (χ2v) is 6.38. The summed E-state index contributed by atoms with van der Waals surface area (Å²) in [5.41, 5.74) is 1.67. The van der Waals surface area contributed by atoms with Crippen LogP contribution < -0.4 is 10.1 Å². The van der Waals surface area contributed by atoms with E-state index in [9.17, 15) is 4.79 Å². The van der Waals surface area contributed by atoms with E-state index in [0.29, 0.717) is 28.0 Å². The topological polar surface area (TPSA) is 77.0 Å². The smallest absolute Gasteiger partial charge is 0.263 e. The van der Waals surface area contributed by atoms with Crippen LogP contribution in [0.2, 0.25) is 0 Å². The number of aryl methyl sites for hydroxylation is 1. The van der Waals surface area contributed by atoms with Gasteiger partial charge in [-0.25, -0.2) is 15.0 Å². The maximum atomic E-state index is 12.6. The van der Waals surface area contributed by atoms with E-state index in [2.05, 4.69) is 20.3 Å². The fourth-order valence-corrected chi connectivity index (χ4v) is 3.54. The van der Waals surface area contributed by atoms with Gasteiger partial charge in [-0.05, 0) is 19.1 Å². The van der Waals surface area contributed by atoms with Gasteiger partial charge in [-0.15, -0.1) is 11.3 Å². The highest BCUT2D eigenvalue weighted by Gasteiger charge is 2.27. The first-order chi connectivity index (χ1) is 11.7. The van der Waals surface area contributed by atoms with Crippen LogP contribution in [-0.4, -0.2) is 27.5 Å². The minimum Gasteiger partial charge on any atom is -0.491 e. The number of nitrogens with one attached hydrogen (secondary N) is 1. The third-order valence-corrected chi connectivity index (χ3v) is 4.92. The molecule has 24 heavy (non-hydrogen) atoms. The molecule has 6 nitrogen and oxygen atoms in total. The summed E-state index contributed by atoms with van der Waals surface area (Å²) >= 11 is 1.30. The number of carbonyl (C=O) groups excluding carboxylic acids is 1. The zero-order valence-electron chi connectivity index (χ0n) is 12.9. The van der Waals surface area contributed by atoms with Crippen LogP contribution in [0.3, 0.4) is 0 Å². The molecule has 0 saturated heterocycles. The summed E-state index contributed by atoms with van der Waals surface area (Å²) in [6, 6.07) is 9.33. The predicted molar refractivity (Wildman–Crippen MR) is 90.0 cm³/mol. The summed E-state index contributed by atoms with van der Waals surface area (Å²) in [5, 5.41) is 3.66. The Morgan fingerprint density at radius 3 is 2.88 bits per heavy atom. The normalized spacial score (nSPS) is 15.6. The third kappa shape index (κ3) is 2.63. The third-order valence-electron chi connectivity index (χ3n) is 3.77. The molecule has 1 unspecified atom stereocenters. The molecule has 1 aromatic carbocycles. The standard InChI is InChI=1S/C17H14N4O2S/c1-10-14(24-17(20-10)15-18-7-4-8-19-15)16(22)21-12-9-23-13-6-3-2-5-11(12)13/h2-8,12H,9H2,1H3,(H,21,22). The molecule has 7 heteroatoms. The number of rotatable bonds is 3. The highest BCUT2D eigenvalue weighted by Crippen LogP contribution is 2.32.